The number of nitrogens with zero attached hydrogens (tertiary/aromatic N) is 3. The maximum atomic E-state index is 13.7. The number of carbonyl (C=O) groups excluding carboxylic acids is 1. The Bertz CT molecular complexity index is 1470. The minimum atomic E-state index is -1.45. The number of aliphatic hydroxyl groups excluding tert-OH is 1. The van der Waals surface area contributed by atoms with Crippen LogP contribution in [0.2, 0.25) is 0 Å². The lowest BCUT2D eigenvalue weighted by molar-refractivity contribution is -0.177. The largest absolute Gasteiger partial charge is 0.393 e. The van der Waals surface area contributed by atoms with Crippen LogP contribution in [0.25, 0.3) is 17.1 Å². The minimum absolute atomic E-state index is 0.0864. The van der Waals surface area contributed by atoms with E-state index < -0.39 is 17.1 Å². The highest BCUT2D eigenvalue weighted by Gasteiger charge is 2.68. The predicted octanol–water partition coefficient (Wildman–Crippen LogP) is 4.86. The monoisotopic (exact) mass is 531 g/mol. The van der Waals surface area contributed by atoms with E-state index in [9.17, 15) is 15.0 Å². The van der Waals surface area contributed by atoms with Crippen LogP contribution < -0.4 is 0 Å². The SMILES string of the molecule is C[C@]12Cc3cnoc3C=C1CCC1C2[C@@H](O)C[C@@]2(C)C1CC[C@]2(O)C(=O)CSc1cnc2ccccc2n1. The van der Waals surface area contributed by atoms with E-state index >= 15 is 0 Å². The molecule has 7 rings (SSSR count). The van der Waals surface area contributed by atoms with Gasteiger partial charge >= 0.3 is 0 Å². The first kappa shape index (κ1) is 24.5. The second-order valence-electron chi connectivity index (χ2n) is 12.3. The molecule has 3 unspecified atom stereocenters. The highest BCUT2D eigenvalue weighted by atomic mass is 32.2. The minimum Gasteiger partial charge on any atom is -0.393 e. The number of rotatable bonds is 4. The molecule has 0 spiro atoms. The number of hydrogen-bond donors (Lipinski definition) is 2. The number of aromatic nitrogens is 3. The molecule has 2 N–H and O–H groups in total. The van der Waals surface area contributed by atoms with Gasteiger partial charge in [-0.25, -0.2) is 4.98 Å². The number of allylic oxidation sites excluding steroid dienone is 1. The third kappa shape index (κ3) is 3.36. The number of ketones is 1. The molecule has 0 saturated heterocycles. The van der Waals surface area contributed by atoms with E-state index in [-0.39, 0.29) is 34.7 Å². The topological polar surface area (TPSA) is 109 Å². The van der Waals surface area contributed by atoms with Gasteiger partial charge in [0.15, 0.2) is 11.5 Å². The standard InChI is InChI=1S/C30H33N3O4S/c1-28-12-17-14-32-37-24(17)11-18(28)7-8-19-20-9-10-30(36,29(20,2)13-23(34)27(19)28)25(35)16-38-26-15-31-21-5-3-4-6-22(21)33-26/h3-6,11,14-15,19-20,23,27,34,36H,7-10,12-13,16H2,1-2H3/t19?,20?,23-,27?,28-,29-,30-/m0/s1. The summed E-state index contributed by atoms with van der Waals surface area (Å²) in [4.78, 5) is 22.8. The van der Waals surface area contributed by atoms with Gasteiger partial charge in [0.2, 0.25) is 0 Å². The molecule has 7 atom stereocenters. The fourth-order valence-corrected chi connectivity index (χ4v) is 9.56. The average Bonchev–Trinajstić information content (AvgIpc) is 3.46. The van der Waals surface area contributed by atoms with Gasteiger partial charge in [-0.15, -0.1) is 0 Å². The molecule has 4 aliphatic carbocycles. The van der Waals surface area contributed by atoms with Crippen LogP contribution in [-0.4, -0.2) is 48.6 Å². The summed E-state index contributed by atoms with van der Waals surface area (Å²) in [6.45, 7) is 4.33. The van der Waals surface area contributed by atoms with Crippen molar-refractivity contribution in [3.8, 4) is 0 Å². The number of fused-ring (bicyclic) bond motifs is 7. The van der Waals surface area contributed by atoms with Gasteiger partial charge < -0.3 is 14.7 Å². The van der Waals surface area contributed by atoms with Gasteiger partial charge in [0.1, 0.15) is 10.6 Å². The number of carbonyl (C=O) groups is 1. The molecule has 7 nitrogen and oxygen atoms in total. The van der Waals surface area contributed by atoms with Crippen LogP contribution in [-0.2, 0) is 11.2 Å². The number of Topliss-reactive ketones (excluding diaryl/α,β-unsaturated/α-hetero) is 1. The average molecular weight is 532 g/mol. The first-order valence-corrected chi connectivity index (χ1v) is 14.6. The van der Waals surface area contributed by atoms with Crippen LogP contribution in [0.1, 0.15) is 57.3 Å². The van der Waals surface area contributed by atoms with Crippen molar-refractivity contribution in [2.24, 2.45) is 28.6 Å². The summed E-state index contributed by atoms with van der Waals surface area (Å²) < 4.78 is 5.46. The summed E-state index contributed by atoms with van der Waals surface area (Å²) in [5.74, 6) is 1.36. The van der Waals surface area contributed by atoms with Gasteiger partial charge in [-0.05, 0) is 79.9 Å². The Morgan fingerprint density at radius 1 is 1.18 bits per heavy atom. The molecule has 8 heteroatoms. The Hall–Kier alpha value is -2.55. The summed E-state index contributed by atoms with van der Waals surface area (Å²) in [6.07, 6.45) is 9.45. The molecule has 0 bridgehead atoms. The van der Waals surface area contributed by atoms with Gasteiger partial charge in [0.05, 0.1) is 35.3 Å². The van der Waals surface area contributed by atoms with Gasteiger partial charge in [0, 0.05) is 11.0 Å². The van der Waals surface area contributed by atoms with Crippen molar-refractivity contribution in [2.75, 3.05) is 5.75 Å². The van der Waals surface area contributed by atoms with Crippen LogP contribution in [0.15, 0.2) is 51.8 Å². The summed E-state index contributed by atoms with van der Waals surface area (Å²) in [5.41, 5.74) is 1.76. The van der Waals surface area contributed by atoms with Crippen LogP contribution in [0, 0.1) is 28.6 Å². The Morgan fingerprint density at radius 2 is 2.00 bits per heavy atom. The molecular formula is C30H33N3O4S. The fraction of sp³-hybridized carbons (Fsp3) is 0.533. The Kier molecular flexibility index (Phi) is 5.46. The van der Waals surface area contributed by atoms with E-state index in [0.29, 0.717) is 17.9 Å². The third-order valence-electron chi connectivity index (χ3n) is 10.6. The molecule has 0 aliphatic heterocycles. The molecule has 0 amide bonds. The van der Waals surface area contributed by atoms with Crippen molar-refractivity contribution in [3.63, 3.8) is 0 Å². The second-order valence-corrected chi connectivity index (χ2v) is 13.3. The van der Waals surface area contributed by atoms with Gasteiger partial charge in [0.25, 0.3) is 0 Å². The molecule has 3 aromatic rings. The Morgan fingerprint density at radius 3 is 2.84 bits per heavy atom. The number of para-hydroxylation sites is 2. The third-order valence-corrected chi connectivity index (χ3v) is 11.5. The molecule has 3 saturated carbocycles. The van der Waals surface area contributed by atoms with E-state index in [0.717, 1.165) is 48.0 Å². The van der Waals surface area contributed by atoms with E-state index in [1.165, 1.54) is 17.3 Å². The van der Waals surface area contributed by atoms with Gasteiger partial charge in [-0.2, -0.15) is 0 Å². The van der Waals surface area contributed by atoms with E-state index in [1.54, 1.807) is 12.4 Å². The molecule has 38 heavy (non-hydrogen) atoms. The number of aliphatic hydroxyl groups is 2. The number of hydrogen-bond acceptors (Lipinski definition) is 8. The maximum Gasteiger partial charge on any atom is 0.175 e. The van der Waals surface area contributed by atoms with Crippen LogP contribution in [0.3, 0.4) is 0 Å². The van der Waals surface area contributed by atoms with E-state index in [1.807, 2.05) is 24.3 Å². The van der Waals surface area contributed by atoms with Crippen LogP contribution in [0.5, 0.6) is 0 Å². The van der Waals surface area contributed by atoms with Crippen LogP contribution >= 0.6 is 11.8 Å². The summed E-state index contributed by atoms with van der Waals surface area (Å²) in [5, 5.41) is 28.4. The van der Waals surface area contributed by atoms with E-state index in [2.05, 4.69) is 35.0 Å². The highest BCUT2D eigenvalue weighted by molar-refractivity contribution is 7.99. The fourth-order valence-electron chi connectivity index (χ4n) is 8.75. The summed E-state index contributed by atoms with van der Waals surface area (Å²) in [7, 11) is 0. The Balaban J connectivity index is 1.13. The molecule has 2 heterocycles. The normalized spacial score (nSPS) is 37.6. The molecule has 0 radical (unpaired) electrons. The molecule has 4 aliphatic rings. The molecular weight excluding hydrogens is 498 g/mol. The second kappa shape index (κ2) is 8.47. The van der Waals surface area contributed by atoms with Gasteiger partial charge in [-0.3, -0.25) is 9.78 Å². The smallest absolute Gasteiger partial charge is 0.175 e. The van der Waals surface area contributed by atoms with Crippen molar-refractivity contribution >= 4 is 34.7 Å². The lowest BCUT2D eigenvalue weighted by Gasteiger charge is -2.60. The summed E-state index contributed by atoms with van der Waals surface area (Å²) >= 11 is 1.33. The first-order valence-electron chi connectivity index (χ1n) is 13.7. The zero-order valence-corrected chi connectivity index (χ0v) is 22.6. The molecule has 3 fully saturated rings. The van der Waals surface area contributed by atoms with Crippen molar-refractivity contribution in [1.82, 2.24) is 15.1 Å². The summed E-state index contributed by atoms with van der Waals surface area (Å²) in [6, 6.07) is 7.66. The van der Waals surface area contributed by atoms with Crippen molar-refractivity contribution in [1.29, 1.82) is 0 Å². The first-order chi connectivity index (χ1) is 18.2. The lowest BCUT2D eigenvalue weighted by Crippen LogP contribution is -2.62. The lowest BCUT2D eigenvalue weighted by atomic mass is 9.45. The van der Waals surface area contributed by atoms with Crippen molar-refractivity contribution in [2.45, 2.75) is 69.1 Å². The zero-order chi connectivity index (χ0) is 26.3. The number of benzene rings is 1. The zero-order valence-electron chi connectivity index (χ0n) is 21.8. The number of thioether (sulfide) groups is 1. The van der Waals surface area contributed by atoms with Crippen molar-refractivity contribution in [3.05, 3.63) is 53.6 Å². The maximum absolute atomic E-state index is 13.7. The molecule has 2 aromatic heterocycles. The highest BCUT2D eigenvalue weighted by Crippen LogP contribution is 2.67. The van der Waals surface area contributed by atoms with Gasteiger partial charge in [-0.1, -0.05) is 48.5 Å². The van der Waals surface area contributed by atoms with E-state index in [4.69, 9.17) is 4.52 Å². The molecule has 1 aromatic carbocycles. The van der Waals surface area contributed by atoms with Crippen LogP contribution in [0.4, 0.5) is 0 Å². The quantitative estimate of drug-likeness (QED) is 0.459. The Labute approximate surface area is 226 Å². The predicted molar refractivity (Wildman–Crippen MR) is 144 cm³/mol. The van der Waals surface area contributed by atoms with Crippen molar-refractivity contribution < 1.29 is 19.5 Å². The molecule has 198 valence electrons.